The minimum absolute atomic E-state index is 0. The number of nitrogens with zero attached hydrogens (tertiary/aromatic N) is 4. The lowest BCUT2D eigenvalue weighted by Crippen LogP contribution is -2.56. The van der Waals surface area contributed by atoms with Gasteiger partial charge in [0.2, 0.25) is 5.91 Å². The summed E-state index contributed by atoms with van der Waals surface area (Å²) in [6.45, 7) is 5.90. The summed E-state index contributed by atoms with van der Waals surface area (Å²) in [6, 6.07) is 12.7. The van der Waals surface area contributed by atoms with Crippen LogP contribution in [-0.4, -0.2) is 95.4 Å². The number of carbonyl (C=O) groups excluding carboxylic acids is 3. The van der Waals surface area contributed by atoms with Crippen LogP contribution in [0.3, 0.4) is 0 Å². The van der Waals surface area contributed by atoms with Gasteiger partial charge in [0.05, 0.1) is 25.7 Å². The smallest absolute Gasteiger partial charge is 0.326 e. The van der Waals surface area contributed by atoms with Gasteiger partial charge in [-0.2, -0.15) is 0 Å². The Labute approximate surface area is 237 Å². The second kappa shape index (κ2) is 11.5. The number of likely N-dealkylation sites (N-methyl/N-ethyl adjacent to an activating group) is 1. The number of benzene rings is 2. The lowest BCUT2D eigenvalue weighted by Gasteiger charge is -2.41. The first kappa shape index (κ1) is 27.9. The fraction of sp³-hybridized carbons (Fsp3) is 0.393. The first-order valence-corrected chi connectivity index (χ1v) is 13.1. The summed E-state index contributed by atoms with van der Waals surface area (Å²) < 4.78 is 13.7. The number of nitrogens with one attached hydrogen (secondary N) is 1. The van der Waals surface area contributed by atoms with E-state index in [1.807, 2.05) is 30.3 Å². The topological polar surface area (TPSA) is 117 Å². The zero-order chi connectivity index (χ0) is 27.1. The normalized spacial score (nSPS) is 18.9. The second-order valence-electron chi connectivity index (χ2n) is 10.2. The highest BCUT2D eigenvalue weighted by Gasteiger charge is 2.44. The van der Waals surface area contributed by atoms with Crippen molar-refractivity contribution < 1.29 is 29.1 Å². The number of rotatable bonds is 7. The first-order chi connectivity index (χ1) is 18.9. The molecule has 0 spiro atoms. The number of amides is 4. The van der Waals surface area contributed by atoms with E-state index in [4.69, 9.17) is 14.7 Å². The number of morpholine rings is 1. The van der Waals surface area contributed by atoms with Gasteiger partial charge in [0, 0.05) is 61.9 Å². The lowest BCUT2D eigenvalue weighted by atomic mass is 9.89. The van der Waals surface area contributed by atoms with E-state index in [-0.39, 0.29) is 24.3 Å². The molecule has 2 aromatic carbocycles. The van der Waals surface area contributed by atoms with E-state index in [0.717, 1.165) is 66.3 Å². The van der Waals surface area contributed by atoms with Gasteiger partial charge in [0.25, 0.3) is 5.91 Å². The molecule has 0 saturated carbocycles. The van der Waals surface area contributed by atoms with Crippen LogP contribution in [0.15, 0.2) is 42.5 Å². The van der Waals surface area contributed by atoms with Gasteiger partial charge in [-0.15, -0.1) is 12.4 Å². The lowest BCUT2D eigenvalue weighted by molar-refractivity contribution is -0.132. The highest BCUT2D eigenvalue weighted by molar-refractivity contribution is 6.04. The van der Waals surface area contributed by atoms with Crippen molar-refractivity contribution in [1.82, 2.24) is 24.7 Å². The Hall–Kier alpha value is -3.64. The predicted octanol–water partition coefficient (Wildman–Crippen LogP) is 2.43. The Kier molecular flexibility index (Phi) is 7.99. The number of aromatic nitrogens is 1. The summed E-state index contributed by atoms with van der Waals surface area (Å²) in [6.07, 6.45) is 0. The highest BCUT2D eigenvalue weighted by Crippen LogP contribution is 2.41. The SMILES string of the molecule is CN1C(=O)C2CN(Cc3c2c2cc(OCCN4CCOCC4)ccc2n3Cc2ccc(C(=O)NO)cc2)C1=O.Cl. The molecule has 0 aliphatic carbocycles. The van der Waals surface area contributed by atoms with Gasteiger partial charge in [-0.3, -0.25) is 24.6 Å². The summed E-state index contributed by atoms with van der Waals surface area (Å²) in [7, 11) is 1.54. The average Bonchev–Trinajstić information content (AvgIpc) is 3.27. The van der Waals surface area contributed by atoms with E-state index in [1.54, 1.807) is 22.5 Å². The summed E-state index contributed by atoms with van der Waals surface area (Å²) >= 11 is 0. The summed E-state index contributed by atoms with van der Waals surface area (Å²) in [5.74, 6) is -0.479. The van der Waals surface area contributed by atoms with Crippen LogP contribution in [0.4, 0.5) is 4.79 Å². The quantitative estimate of drug-likeness (QED) is 0.331. The number of hydrogen-bond acceptors (Lipinski definition) is 7. The van der Waals surface area contributed by atoms with E-state index >= 15 is 0 Å². The van der Waals surface area contributed by atoms with Crippen LogP contribution in [0.5, 0.6) is 5.75 Å². The van der Waals surface area contributed by atoms with Gasteiger partial charge < -0.3 is 18.9 Å². The fourth-order valence-electron chi connectivity index (χ4n) is 5.81. The molecule has 6 rings (SSSR count). The Morgan fingerprint density at radius 1 is 1.12 bits per heavy atom. The molecule has 4 amide bonds. The van der Waals surface area contributed by atoms with E-state index in [9.17, 15) is 14.4 Å². The van der Waals surface area contributed by atoms with Crippen molar-refractivity contribution in [2.75, 3.05) is 53.0 Å². The van der Waals surface area contributed by atoms with Crippen LogP contribution in [0.2, 0.25) is 0 Å². The molecular weight excluding hydrogens is 538 g/mol. The minimum Gasteiger partial charge on any atom is -0.492 e. The summed E-state index contributed by atoms with van der Waals surface area (Å²) in [5, 5.41) is 9.86. The van der Waals surface area contributed by atoms with E-state index in [0.29, 0.717) is 31.8 Å². The van der Waals surface area contributed by atoms with E-state index in [1.165, 1.54) is 11.9 Å². The molecule has 1 aromatic heterocycles. The monoisotopic (exact) mass is 569 g/mol. The van der Waals surface area contributed by atoms with Crippen LogP contribution < -0.4 is 10.2 Å². The maximum absolute atomic E-state index is 13.2. The second-order valence-corrected chi connectivity index (χ2v) is 10.2. The summed E-state index contributed by atoms with van der Waals surface area (Å²) in [5.41, 5.74) is 5.76. The van der Waals surface area contributed by atoms with Gasteiger partial charge in [0.1, 0.15) is 12.4 Å². The zero-order valence-corrected chi connectivity index (χ0v) is 23.0. The molecule has 2 fully saturated rings. The Balaban J connectivity index is 0.00000323. The number of ether oxygens (including phenoxy) is 2. The molecule has 40 heavy (non-hydrogen) atoms. The molecule has 3 aliphatic rings. The van der Waals surface area contributed by atoms with Crippen molar-refractivity contribution in [3.05, 3.63) is 64.8 Å². The molecule has 12 heteroatoms. The molecule has 3 aromatic rings. The molecule has 212 valence electrons. The van der Waals surface area contributed by atoms with Gasteiger partial charge in [-0.05, 0) is 41.5 Å². The van der Waals surface area contributed by atoms with Gasteiger partial charge in [0.15, 0.2) is 0 Å². The number of imide groups is 1. The molecule has 0 radical (unpaired) electrons. The average molecular weight is 570 g/mol. The van der Waals surface area contributed by atoms with Crippen LogP contribution in [0, 0.1) is 0 Å². The Morgan fingerprint density at radius 3 is 2.60 bits per heavy atom. The van der Waals surface area contributed by atoms with Crippen molar-refractivity contribution in [1.29, 1.82) is 0 Å². The third kappa shape index (κ3) is 5.01. The first-order valence-electron chi connectivity index (χ1n) is 13.1. The zero-order valence-electron chi connectivity index (χ0n) is 22.2. The van der Waals surface area contributed by atoms with Crippen molar-refractivity contribution in [3.63, 3.8) is 0 Å². The van der Waals surface area contributed by atoms with E-state index in [2.05, 4.69) is 9.47 Å². The maximum atomic E-state index is 13.2. The van der Waals surface area contributed by atoms with Gasteiger partial charge in [-0.1, -0.05) is 12.1 Å². The Bertz CT molecular complexity index is 1440. The van der Waals surface area contributed by atoms with Crippen molar-refractivity contribution in [3.8, 4) is 5.75 Å². The number of urea groups is 1. The molecular formula is C28H32ClN5O6. The van der Waals surface area contributed by atoms with Crippen LogP contribution in [-0.2, 0) is 22.6 Å². The van der Waals surface area contributed by atoms with Crippen LogP contribution in [0.1, 0.15) is 33.1 Å². The third-order valence-corrected chi connectivity index (χ3v) is 7.90. The standard InChI is InChI=1S/C28H31N5O6.ClH/c1-30-27(35)22-16-32(28(30)36)17-24-25(22)21-14-20(39-13-10-31-8-11-38-12-9-31)6-7-23(21)33(24)15-18-2-4-19(5-3-18)26(34)29-37;/h2-7,14,22,37H,8-13,15-17H2,1H3,(H,29,34);1H. The van der Waals surface area contributed by atoms with Crippen LogP contribution in [0.25, 0.3) is 10.9 Å². The van der Waals surface area contributed by atoms with Gasteiger partial charge >= 0.3 is 6.03 Å². The third-order valence-electron chi connectivity index (χ3n) is 7.90. The molecule has 3 aliphatic heterocycles. The van der Waals surface area contributed by atoms with Crippen molar-refractivity contribution in [2.24, 2.45) is 0 Å². The number of carbonyl (C=O) groups is 3. The molecule has 1 unspecified atom stereocenters. The number of halogens is 1. The molecule has 2 bridgehead atoms. The molecule has 2 N–H and O–H groups in total. The number of hydrogen-bond donors (Lipinski definition) is 2. The van der Waals surface area contributed by atoms with E-state index < -0.39 is 11.8 Å². The molecule has 4 heterocycles. The number of hydroxylamine groups is 1. The minimum atomic E-state index is -0.576. The van der Waals surface area contributed by atoms with Crippen molar-refractivity contribution in [2.45, 2.75) is 19.0 Å². The maximum Gasteiger partial charge on any atom is 0.326 e. The number of fused-ring (bicyclic) bond motifs is 6. The fourth-order valence-corrected chi connectivity index (χ4v) is 5.81. The van der Waals surface area contributed by atoms with Crippen LogP contribution >= 0.6 is 12.4 Å². The molecule has 2 saturated heterocycles. The largest absolute Gasteiger partial charge is 0.492 e. The van der Waals surface area contributed by atoms with Gasteiger partial charge in [-0.25, -0.2) is 10.3 Å². The summed E-state index contributed by atoms with van der Waals surface area (Å²) in [4.78, 5) is 43.1. The highest BCUT2D eigenvalue weighted by atomic mass is 35.5. The molecule has 1 atom stereocenters. The Morgan fingerprint density at radius 2 is 1.88 bits per heavy atom. The van der Waals surface area contributed by atoms with Crippen molar-refractivity contribution >= 4 is 41.2 Å². The molecule has 11 nitrogen and oxygen atoms in total. The predicted molar refractivity (Wildman–Crippen MR) is 148 cm³/mol.